The molecule has 2 fully saturated rings. The quantitative estimate of drug-likeness (QED) is 0.530. The van der Waals surface area contributed by atoms with Crippen LogP contribution in [0, 0.1) is 5.92 Å². The second kappa shape index (κ2) is 10.6. The molecule has 1 aromatic carbocycles. The molecule has 35 heavy (non-hydrogen) atoms. The Bertz CT molecular complexity index is 1160. The summed E-state index contributed by atoms with van der Waals surface area (Å²) in [5.74, 6) is 2.30. The lowest BCUT2D eigenvalue weighted by Crippen LogP contribution is -2.45. The van der Waals surface area contributed by atoms with Crippen LogP contribution in [-0.2, 0) is 6.54 Å². The fourth-order valence-electron chi connectivity index (χ4n) is 5.44. The summed E-state index contributed by atoms with van der Waals surface area (Å²) in [7, 11) is 3.27. The topological polar surface area (TPSA) is 81.5 Å². The molecule has 8 nitrogen and oxygen atoms in total. The molecule has 5 rings (SSSR count). The van der Waals surface area contributed by atoms with Gasteiger partial charge in [0, 0.05) is 48.9 Å². The predicted octanol–water partition coefficient (Wildman–Crippen LogP) is 3.88. The zero-order chi connectivity index (χ0) is 24.2. The summed E-state index contributed by atoms with van der Waals surface area (Å²) in [5, 5.41) is 8.57. The summed E-state index contributed by atoms with van der Waals surface area (Å²) < 4.78 is 12.6. The highest BCUT2D eigenvalue weighted by Gasteiger charge is 2.24. The number of amides is 1. The van der Waals surface area contributed by atoms with Crippen LogP contribution in [0.2, 0.25) is 0 Å². The van der Waals surface area contributed by atoms with Gasteiger partial charge in [-0.3, -0.25) is 4.79 Å². The number of rotatable bonds is 8. The number of nitrogens with zero attached hydrogens (tertiary/aromatic N) is 4. The lowest BCUT2D eigenvalue weighted by atomic mass is 10.0. The Morgan fingerprint density at radius 1 is 1.06 bits per heavy atom. The van der Waals surface area contributed by atoms with Crippen molar-refractivity contribution in [2.75, 3.05) is 33.9 Å². The van der Waals surface area contributed by atoms with Crippen molar-refractivity contribution in [3.05, 3.63) is 47.8 Å². The number of nitrogens with one attached hydrogen (secondary N) is 1. The zero-order valence-electron chi connectivity index (χ0n) is 20.7. The van der Waals surface area contributed by atoms with E-state index in [1.165, 1.54) is 32.2 Å². The van der Waals surface area contributed by atoms with E-state index < -0.39 is 0 Å². The van der Waals surface area contributed by atoms with Crippen LogP contribution in [0.4, 0.5) is 0 Å². The van der Waals surface area contributed by atoms with Gasteiger partial charge in [0.1, 0.15) is 11.5 Å². The molecule has 1 saturated heterocycles. The van der Waals surface area contributed by atoms with E-state index in [1.54, 1.807) is 26.6 Å². The molecule has 2 aromatic heterocycles. The Balaban J connectivity index is 1.20. The van der Waals surface area contributed by atoms with Crippen molar-refractivity contribution < 1.29 is 14.3 Å². The lowest BCUT2D eigenvalue weighted by molar-refractivity contribution is 0.0905. The van der Waals surface area contributed by atoms with Gasteiger partial charge in [-0.1, -0.05) is 12.8 Å². The standard InChI is InChI=1S/C27H35N5O3/c1-34-24-8-7-20(25(14-24)35-2)18-32-26-21(16-29-32)13-22(15-28-26)27(33)30-23-9-11-31(12-10-23)17-19-5-3-4-6-19/h7-8,13-16,19,23H,3-6,9-12,17-18H2,1-2H3,(H,30,33). The maximum atomic E-state index is 12.9. The number of hydrogen-bond acceptors (Lipinski definition) is 6. The molecule has 8 heteroatoms. The molecular formula is C27H35N5O3. The molecule has 0 radical (unpaired) electrons. The number of hydrogen-bond donors (Lipinski definition) is 1. The molecule has 1 N–H and O–H groups in total. The Morgan fingerprint density at radius 3 is 2.60 bits per heavy atom. The number of likely N-dealkylation sites (tertiary alicyclic amines) is 1. The molecule has 2 aliphatic rings. The van der Waals surface area contributed by atoms with Crippen molar-refractivity contribution in [2.45, 2.75) is 51.1 Å². The van der Waals surface area contributed by atoms with E-state index in [4.69, 9.17) is 9.47 Å². The largest absolute Gasteiger partial charge is 0.497 e. The number of methoxy groups -OCH3 is 2. The highest BCUT2D eigenvalue weighted by molar-refractivity contribution is 5.97. The molecule has 3 heterocycles. The Hall–Kier alpha value is -3.13. The normalized spacial score (nSPS) is 17.7. The number of aromatic nitrogens is 3. The zero-order valence-corrected chi connectivity index (χ0v) is 20.7. The summed E-state index contributed by atoms with van der Waals surface area (Å²) in [5.41, 5.74) is 2.29. The second-order valence-corrected chi connectivity index (χ2v) is 9.82. The third-order valence-corrected chi connectivity index (χ3v) is 7.47. The smallest absolute Gasteiger partial charge is 0.253 e. The minimum atomic E-state index is -0.0572. The van der Waals surface area contributed by atoms with Gasteiger partial charge in [0.05, 0.1) is 32.5 Å². The minimum Gasteiger partial charge on any atom is -0.497 e. The van der Waals surface area contributed by atoms with Crippen molar-refractivity contribution in [1.82, 2.24) is 25.0 Å². The Kier molecular flexibility index (Phi) is 7.18. The molecule has 0 bridgehead atoms. The van der Waals surface area contributed by atoms with Crippen molar-refractivity contribution in [2.24, 2.45) is 5.92 Å². The van der Waals surface area contributed by atoms with Gasteiger partial charge in [-0.15, -0.1) is 0 Å². The summed E-state index contributed by atoms with van der Waals surface area (Å²) in [6, 6.07) is 7.82. The lowest BCUT2D eigenvalue weighted by Gasteiger charge is -2.33. The fourth-order valence-corrected chi connectivity index (χ4v) is 5.44. The van der Waals surface area contributed by atoms with Crippen LogP contribution in [0.25, 0.3) is 11.0 Å². The predicted molar refractivity (Wildman–Crippen MR) is 135 cm³/mol. The summed E-state index contributed by atoms with van der Waals surface area (Å²) in [4.78, 5) is 20.1. The highest BCUT2D eigenvalue weighted by Crippen LogP contribution is 2.27. The van der Waals surface area contributed by atoms with E-state index in [2.05, 4.69) is 20.3 Å². The minimum absolute atomic E-state index is 0.0572. The molecule has 3 aromatic rings. The number of fused-ring (bicyclic) bond motifs is 1. The van der Waals surface area contributed by atoms with Crippen LogP contribution in [0.1, 0.15) is 54.4 Å². The molecule has 0 spiro atoms. The van der Waals surface area contributed by atoms with E-state index in [9.17, 15) is 4.79 Å². The number of pyridine rings is 1. The Labute approximate surface area is 206 Å². The van der Waals surface area contributed by atoms with Crippen LogP contribution >= 0.6 is 0 Å². The third kappa shape index (κ3) is 5.42. The molecule has 1 saturated carbocycles. The van der Waals surface area contributed by atoms with Gasteiger partial charge >= 0.3 is 0 Å². The number of ether oxygens (including phenoxy) is 2. The van der Waals surface area contributed by atoms with Crippen LogP contribution in [0.5, 0.6) is 11.5 Å². The Morgan fingerprint density at radius 2 is 1.86 bits per heavy atom. The first-order chi connectivity index (χ1) is 17.1. The van der Waals surface area contributed by atoms with Crippen molar-refractivity contribution in [3.8, 4) is 11.5 Å². The van der Waals surface area contributed by atoms with Gasteiger partial charge in [0.2, 0.25) is 0 Å². The fraction of sp³-hybridized carbons (Fsp3) is 0.519. The van der Waals surface area contributed by atoms with E-state index in [1.807, 2.05) is 28.9 Å². The van der Waals surface area contributed by atoms with Crippen molar-refractivity contribution in [1.29, 1.82) is 0 Å². The first-order valence-electron chi connectivity index (χ1n) is 12.7. The first kappa shape index (κ1) is 23.6. The number of carbonyl (C=O) groups is 1. The average Bonchev–Trinajstić information content (AvgIpc) is 3.55. The number of benzene rings is 1. The van der Waals surface area contributed by atoms with E-state index in [0.717, 1.165) is 59.9 Å². The molecular weight excluding hydrogens is 442 g/mol. The van der Waals surface area contributed by atoms with Gasteiger partial charge in [0.25, 0.3) is 5.91 Å². The maximum Gasteiger partial charge on any atom is 0.253 e. The number of piperidine rings is 1. The molecule has 186 valence electrons. The van der Waals surface area contributed by atoms with Crippen molar-refractivity contribution in [3.63, 3.8) is 0 Å². The molecule has 0 atom stereocenters. The summed E-state index contributed by atoms with van der Waals surface area (Å²) in [6.07, 6.45) is 11.0. The number of carbonyl (C=O) groups excluding carboxylic acids is 1. The van der Waals surface area contributed by atoms with Crippen molar-refractivity contribution >= 4 is 16.9 Å². The van der Waals surface area contributed by atoms with Gasteiger partial charge in [0.15, 0.2) is 5.65 Å². The van der Waals surface area contributed by atoms with Gasteiger partial charge < -0.3 is 19.7 Å². The van der Waals surface area contributed by atoms with E-state index in [-0.39, 0.29) is 11.9 Å². The molecule has 0 unspecified atom stereocenters. The molecule has 1 amide bonds. The third-order valence-electron chi connectivity index (χ3n) is 7.47. The average molecular weight is 478 g/mol. The highest BCUT2D eigenvalue weighted by atomic mass is 16.5. The van der Waals surface area contributed by atoms with Gasteiger partial charge in [-0.2, -0.15) is 5.10 Å². The van der Waals surface area contributed by atoms with Crippen LogP contribution < -0.4 is 14.8 Å². The molecule has 1 aliphatic heterocycles. The summed E-state index contributed by atoms with van der Waals surface area (Å²) in [6.45, 7) is 3.88. The summed E-state index contributed by atoms with van der Waals surface area (Å²) >= 11 is 0. The van der Waals surface area contributed by atoms with Gasteiger partial charge in [-0.05, 0) is 49.8 Å². The molecule has 1 aliphatic carbocycles. The first-order valence-corrected chi connectivity index (χ1v) is 12.7. The maximum absolute atomic E-state index is 12.9. The van der Waals surface area contributed by atoms with Gasteiger partial charge in [-0.25, -0.2) is 9.67 Å². The van der Waals surface area contributed by atoms with Crippen LogP contribution in [0.15, 0.2) is 36.7 Å². The second-order valence-electron chi connectivity index (χ2n) is 9.82. The van der Waals surface area contributed by atoms with Crippen LogP contribution in [-0.4, -0.2) is 65.5 Å². The van der Waals surface area contributed by atoms with E-state index >= 15 is 0 Å². The monoisotopic (exact) mass is 477 g/mol. The SMILES string of the molecule is COc1ccc(Cn2ncc3cc(C(=O)NC4CCN(CC5CCCC5)CC4)cnc32)c(OC)c1. The van der Waals surface area contributed by atoms with E-state index in [0.29, 0.717) is 12.1 Å². The van der Waals surface area contributed by atoms with Crippen LogP contribution in [0.3, 0.4) is 0 Å².